The Kier molecular flexibility index (Phi) is 4.65. The number of nitrogen functional groups attached to an aromatic ring is 1. The topological polar surface area (TPSA) is 92.9 Å². The summed E-state index contributed by atoms with van der Waals surface area (Å²) in [4.78, 5) is 18.7. The van der Waals surface area contributed by atoms with Crippen LogP contribution in [0.3, 0.4) is 0 Å². The lowest BCUT2D eigenvalue weighted by molar-refractivity contribution is 0.814. The van der Waals surface area contributed by atoms with Crippen LogP contribution in [0.2, 0.25) is 0 Å². The molecule has 0 aliphatic rings. The van der Waals surface area contributed by atoms with Crippen molar-refractivity contribution in [3.63, 3.8) is 0 Å². The molecule has 0 amide bonds. The number of hydrogen-bond acceptors (Lipinski definition) is 7. The summed E-state index contributed by atoms with van der Waals surface area (Å²) in [6.07, 6.45) is 3.53. The van der Waals surface area contributed by atoms with Gasteiger partial charge in [-0.05, 0) is 25.5 Å². The van der Waals surface area contributed by atoms with Gasteiger partial charge >= 0.3 is 0 Å². The highest BCUT2D eigenvalue weighted by Crippen LogP contribution is 2.12. The van der Waals surface area contributed by atoms with Crippen LogP contribution in [0.25, 0.3) is 0 Å². The lowest BCUT2D eigenvalue weighted by atomic mass is 10.3. The molecule has 0 bridgehead atoms. The Morgan fingerprint density at radius 1 is 1.20 bits per heavy atom. The van der Waals surface area contributed by atoms with Crippen LogP contribution in [0.4, 0.5) is 17.8 Å². The quantitative estimate of drug-likeness (QED) is 0.819. The molecule has 106 valence electrons. The highest BCUT2D eigenvalue weighted by Gasteiger charge is 2.09. The zero-order valence-electron chi connectivity index (χ0n) is 11.7. The molecular weight excluding hydrogens is 254 g/mol. The lowest BCUT2D eigenvalue weighted by Gasteiger charge is -2.19. The van der Waals surface area contributed by atoms with E-state index in [2.05, 4.69) is 25.3 Å². The summed E-state index contributed by atoms with van der Waals surface area (Å²) in [7, 11) is 0. The molecule has 0 saturated heterocycles. The summed E-state index contributed by atoms with van der Waals surface area (Å²) >= 11 is 0. The second-order valence-corrected chi connectivity index (χ2v) is 4.20. The van der Waals surface area contributed by atoms with E-state index in [-0.39, 0.29) is 5.95 Å². The largest absolute Gasteiger partial charge is 0.368 e. The number of nitrogens with two attached hydrogens (primary N) is 1. The molecule has 20 heavy (non-hydrogen) atoms. The molecule has 2 aromatic rings. The van der Waals surface area contributed by atoms with E-state index in [1.807, 2.05) is 30.9 Å². The molecule has 2 aromatic heterocycles. The molecule has 0 radical (unpaired) electrons. The minimum atomic E-state index is 0.218. The average molecular weight is 273 g/mol. The molecule has 0 spiro atoms. The fraction of sp³-hybridized carbons (Fsp3) is 0.385. The maximum Gasteiger partial charge on any atom is 0.231 e. The molecule has 0 aliphatic carbocycles. The van der Waals surface area contributed by atoms with Gasteiger partial charge in [0.05, 0.1) is 0 Å². The fourth-order valence-corrected chi connectivity index (χ4v) is 1.79. The molecule has 3 N–H and O–H groups in total. The number of hydrogen-bond donors (Lipinski definition) is 2. The van der Waals surface area contributed by atoms with Gasteiger partial charge in [-0.1, -0.05) is 6.07 Å². The number of nitrogens with one attached hydrogen (secondary N) is 1. The minimum absolute atomic E-state index is 0.218. The van der Waals surface area contributed by atoms with E-state index in [1.54, 1.807) is 12.4 Å². The van der Waals surface area contributed by atoms with Crippen LogP contribution in [0.1, 0.15) is 19.4 Å². The lowest BCUT2D eigenvalue weighted by Crippen LogP contribution is -2.25. The van der Waals surface area contributed by atoms with Gasteiger partial charge in [-0.2, -0.15) is 15.0 Å². The third-order valence-electron chi connectivity index (χ3n) is 2.86. The standard InChI is InChI=1S/C13H19N7/c1-3-20(4-2)13-18-11(14)17-12(19-13)16-9-10-6-5-7-15-8-10/h5-8H,3-4,9H2,1-2H3,(H3,14,16,17,18,19). The van der Waals surface area contributed by atoms with Crippen molar-refractivity contribution < 1.29 is 0 Å². The zero-order chi connectivity index (χ0) is 14.4. The molecule has 0 fully saturated rings. The molecule has 0 atom stereocenters. The Morgan fingerprint density at radius 3 is 2.65 bits per heavy atom. The molecule has 0 aromatic carbocycles. The Bertz CT molecular complexity index is 540. The molecule has 2 heterocycles. The SMILES string of the molecule is CCN(CC)c1nc(N)nc(NCc2cccnc2)n1. The van der Waals surface area contributed by atoms with Crippen molar-refractivity contribution >= 4 is 17.8 Å². The fourth-order valence-electron chi connectivity index (χ4n) is 1.79. The first-order chi connectivity index (χ1) is 9.72. The third-order valence-corrected chi connectivity index (χ3v) is 2.86. The van der Waals surface area contributed by atoms with Crippen molar-refractivity contribution in [2.75, 3.05) is 29.0 Å². The first kappa shape index (κ1) is 14.0. The number of rotatable bonds is 6. The Hall–Kier alpha value is -2.44. The summed E-state index contributed by atoms with van der Waals surface area (Å²) in [6, 6.07) is 3.87. The average Bonchev–Trinajstić information content (AvgIpc) is 2.47. The van der Waals surface area contributed by atoms with Crippen molar-refractivity contribution in [3.8, 4) is 0 Å². The summed E-state index contributed by atoms with van der Waals surface area (Å²) < 4.78 is 0. The molecule has 2 rings (SSSR count). The van der Waals surface area contributed by atoms with E-state index >= 15 is 0 Å². The van der Waals surface area contributed by atoms with Crippen LogP contribution in [-0.4, -0.2) is 33.0 Å². The van der Waals surface area contributed by atoms with Crippen LogP contribution >= 0.6 is 0 Å². The van der Waals surface area contributed by atoms with Crippen LogP contribution in [0, 0.1) is 0 Å². The van der Waals surface area contributed by atoms with Gasteiger partial charge in [-0.25, -0.2) is 0 Å². The van der Waals surface area contributed by atoms with E-state index in [4.69, 9.17) is 5.73 Å². The van der Waals surface area contributed by atoms with E-state index in [1.165, 1.54) is 0 Å². The summed E-state index contributed by atoms with van der Waals surface area (Å²) in [6.45, 7) is 6.33. The van der Waals surface area contributed by atoms with Gasteiger partial charge in [0.1, 0.15) is 0 Å². The van der Waals surface area contributed by atoms with Gasteiger partial charge in [0, 0.05) is 32.0 Å². The Labute approximate surface area is 118 Å². The van der Waals surface area contributed by atoms with Gasteiger partial charge in [0.25, 0.3) is 0 Å². The molecular formula is C13H19N7. The van der Waals surface area contributed by atoms with Gasteiger partial charge in [-0.3, -0.25) is 4.98 Å². The number of nitrogens with zero attached hydrogens (tertiary/aromatic N) is 5. The maximum atomic E-state index is 5.73. The van der Waals surface area contributed by atoms with Crippen LogP contribution in [-0.2, 0) is 6.54 Å². The van der Waals surface area contributed by atoms with Crippen molar-refractivity contribution in [1.29, 1.82) is 0 Å². The maximum absolute atomic E-state index is 5.73. The molecule has 0 aliphatic heterocycles. The van der Waals surface area contributed by atoms with Crippen molar-refractivity contribution in [3.05, 3.63) is 30.1 Å². The number of pyridine rings is 1. The van der Waals surface area contributed by atoms with Gasteiger partial charge < -0.3 is 16.0 Å². The number of aromatic nitrogens is 4. The number of anilines is 3. The second kappa shape index (κ2) is 6.65. The van der Waals surface area contributed by atoms with Crippen LogP contribution < -0.4 is 16.0 Å². The van der Waals surface area contributed by atoms with Gasteiger partial charge in [0.15, 0.2) is 0 Å². The summed E-state index contributed by atoms with van der Waals surface area (Å²) in [5.41, 5.74) is 6.79. The van der Waals surface area contributed by atoms with Crippen molar-refractivity contribution in [2.24, 2.45) is 0 Å². The third kappa shape index (κ3) is 3.53. The summed E-state index contributed by atoms with van der Waals surface area (Å²) in [5.74, 6) is 1.29. The summed E-state index contributed by atoms with van der Waals surface area (Å²) in [5, 5.41) is 3.14. The monoisotopic (exact) mass is 273 g/mol. The molecule has 7 heteroatoms. The smallest absolute Gasteiger partial charge is 0.231 e. The predicted molar refractivity (Wildman–Crippen MR) is 79.4 cm³/mol. The van der Waals surface area contributed by atoms with E-state index in [9.17, 15) is 0 Å². The van der Waals surface area contributed by atoms with Gasteiger partial charge in [0.2, 0.25) is 17.8 Å². The first-order valence-corrected chi connectivity index (χ1v) is 6.62. The Balaban J connectivity index is 2.12. The van der Waals surface area contributed by atoms with Crippen molar-refractivity contribution in [2.45, 2.75) is 20.4 Å². The molecule has 0 saturated carbocycles. The minimum Gasteiger partial charge on any atom is -0.368 e. The van der Waals surface area contributed by atoms with Crippen molar-refractivity contribution in [1.82, 2.24) is 19.9 Å². The molecule has 0 unspecified atom stereocenters. The van der Waals surface area contributed by atoms with Gasteiger partial charge in [-0.15, -0.1) is 0 Å². The van der Waals surface area contributed by atoms with E-state index in [0.29, 0.717) is 18.4 Å². The van der Waals surface area contributed by atoms with E-state index < -0.39 is 0 Å². The second-order valence-electron chi connectivity index (χ2n) is 4.20. The highest BCUT2D eigenvalue weighted by atomic mass is 15.3. The van der Waals surface area contributed by atoms with Crippen LogP contribution in [0.5, 0.6) is 0 Å². The van der Waals surface area contributed by atoms with Crippen LogP contribution in [0.15, 0.2) is 24.5 Å². The normalized spacial score (nSPS) is 10.3. The first-order valence-electron chi connectivity index (χ1n) is 6.62. The predicted octanol–water partition coefficient (Wildman–Crippen LogP) is 1.31. The zero-order valence-corrected chi connectivity index (χ0v) is 11.7. The highest BCUT2D eigenvalue weighted by molar-refractivity contribution is 5.42. The molecule has 7 nitrogen and oxygen atoms in total. The van der Waals surface area contributed by atoms with E-state index in [0.717, 1.165) is 18.7 Å². The Morgan fingerprint density at radius 2 is 2.00 bits per heavy atom.